The van der Waals surface area contributed by atoms with Crippen molar-refractivity contribution in [2.45, 2.75) is 6.92 Å². The number of para-hydroxylation sites is 1. The number of hydrogen-bond acceptors (Lipinski definition) is 4. The number of carbonyl (C=O) groups excluding carboxylic acids is 3. The first-order valence-electron chi connectivity index (χ1n) is 10.4. The van der Waals surface area contributed by atoms with Crippen LogP contribution in [0.4, 0.5) is 5.69 Å². The van der Waals surface area contributed by atoms with Crippen molar-refractivity contribution in [2.75, 3.05) is 12.4 Å². The predicted molar refractivity (Wildman–Crippen MR) is 125 cm³/mol. The Morgan fingerprint density at radius 2 is 1.55 bits per heavy atom. The summed E-state index contributed by atoms with van der Waals surface area (Å²) >= 11 is 0. The maximum atomic E-state index is 13.3. The number of nitrogens with zero attached hydrogens (tertiary/aromatic N) is 3. The third kappa shape index (κ3) is 3.49. The van der Waals surface area contributed by atoms with E-state index in [1.807, 2.05) is 61.5 Å². The Morgan fingerprint density at radius 1 is 0.848 bits per heavy atom. The molecule has 0 bridgehead atoms. The molecule has 4 aromatic rings. The number of benzene rings is 3. The largest absolute Gasteiger partial charge is 0.322 e. The summed E-state index contributed by atoms with van der Waals surface area (Å²) in [6.45, 7) is 1.97. The maximum absolute atomic E-state index is 13.3. The van der Waals surface area contributed by atoms with Gasteiger partial charge in [-0.05, 0) is 42.8 Å². The number of imide groups is 1. The van der Waals surface area contributed by atoms with Crippen LogP contribution in [0.25, 0.3) is 16.9 Å². The maximum Gasteiger partial charge on any atom is 0.261 e. The Hall–Kier alpha value is -4.52. The first-order chi connectivity index (χ1) is 15.9. The first kappa shape index (κ1) is 20.4. The van der Waals surface area contributed by atoms with Crippen LogP contribution in [0, 0.1) is 6.92 Å². The lowest BCUT2D eigenvalue weighted by Gasteiger charge is -2.08. The molecule has 0 saturated heterocycles. The second kappa shape index (κ2) is 7.87. The van der Waals surface area contributed by atoms with Crippen LogP contribution in [0.15, 0.2) is 79.0 Å². The minimum atomic E-state index is -0.386. The van der Waals surface area contributed by atoms with Gasteiger partial charge in [0.15, 0.2) is 0 Å². The van der Waals surface area contributed by atoms with Crippen LogP contribution in [0.1, 0.15) is 36.6 Å². The molecular formula is C26H20N4O3. The lowest BCUT2D eigenvalue weighted by Crippen LogP contribution is -2.24. The van der Waals surface area contributed by atoms with E-state index < -0.39 is 0 Å². The Balaban J connectivity index is 1.54. The molecule has 1 aliphatic heterocycles. The minimum absolute atomic E-state index is 0.277. The molecule has 162 valence electrons. The lowest BCUT2D eigenvalue weighted by molar-refractivity contribution is 0.0692. The number of rotatable bonds is 4. The molecule has 0 unspecified atom stereocenters. The zero-order valence-corrected chi connectivity index (χ0v) is 18.1. The fourth-order valence-corrected chi connectivity index (χ4v) is 3.93. The molecule has 0 saturated carbocycles. The molecule has 33 heavy (non-hydrogen) atoms. The molecule has 0 atom stereocenters. The van der Waals surface area contributed by atoms with Crippen molar-refractivity contribution in [2.24, 2.45) is 0 Å². The summed E-state index contributed by atoms with van der Waals surface area (Å²) in [5, 5.41) is 7.57. The fourth-order valence-electron chi connectivity index (χ4n) is 3.93. The Labute approximate surface area is 190 Å². The van der Waals surface area contributed by atoms with Crippen molar-refractivity contribution >= 4 is 23.4 Å². The van der Waals surface area contributed by atoms with Crippen molar-refractivity contribution < 1.29 is 14.4 Å². The molecule has 0 fully saturated rings. The van der Waals surface area contributed by atoms with Gasteiger partial charge in [0, 0.05) is 24.5 Å². The van der Waals surface area contributed by atoms with E-state index in [-0.39, 0.29) is 23.3 Å². The Kier molecular flexibility index (Phi) is 4.86. The van der Waals surface area contributed by atoms with Crippen LogP contribution in [0.2, 0.25) is 0 Å². The molecule has 5 rings (SSSR count). The fraction of sp³-hybridized carbons (Fsp3) is 0.0769. The van der Waals surface area contributed by atoms with Gasteiger partial charge in [-0.2, -0.15) is 5.10 Å². The molecule has 1 N–H and O–H groups in total. The number of carbonyl (C=O) groups is 3. The number of nitrogens with one attached hydrogen (secondary N) is 1. The molecule has 3 amide bonds. The molecule has 1 aromatic heterocycles. The summed E-state index contributed by atoms with van der Waals surface area (Å²) < 4.78 is 1.68. The van der Waals surface area contributed by atoms with Gasteiger partial charge < -0.3 is 5.32 Å². The van der Waals surface area contributed by atoms with Gasteiger partial charge in [0.1, 0.15) is 5.69 Å². The predicted octanol–water partition coefficient (Wildman–Crippen LogP) is 4.33. The number of amides is 3. The summed E-state index contributed by atoms with van der Waals surface area (Å²) in [6.07, 6.45) is 1.70. The molecule has 0 aliphatic carbocycles. The van der Waals surface area contributed by atoms with Gasteiger partial charge in [0.05, 0.1) is 22.4 Å². The zero-order valence-electron chi connectivity index (χ0n) is 18.1. The summed E-state index contributed by atoms with van der Waals surface area (Å²) in [5.41, 5.74) is 4.67. The number of anilines is 1. The van der Waals surface area contributed by atoms with Gasteiger partial charge in [-0.3, -0.25) is 19.3 Å². The highest BCUT2D eigenvalue weighted by molar-refractivity contribution is 6.21. The van der Waals surface area contributed by atoms with E-state index in [2.05, 4.69) is 5.32 Å². The van der Waals surface area contributed by atoms with E-state index in [1.54, 1.807) is 23.0 Å². The normalized spacial score (nSPS) is 12.7. The van der Waals surface area contributed by atoms with E-state index >= 15 is 0 Å². The lowest BCUT2D eigenvalue weighted by atomic mass is 10.0. The molecule has 0 radical (unpaired) electrons. The van der Waals surface area contributed by atoms with Gasteiger partial charge in [0.2, 0.25) is 0 Å². The van der Waals surface area contributed by atoms with Crippen LogP contribution < -0.4 is 5.32 Å². The Bertz CT molecular complexity index is 1420. The quantitative estimate of drug-likeness (QED) is 0.483. The van der Waals surface area contributed by atoms with E-state index in [0.717, 1.165) is 21.7 Å². The van der Waals surface area contributed by atoms with E-state index in [0.29, 0.717) is 22.5 Å². The zero-order chi connectivity index (χ0) is 23.1. The van der Waals surface area contributed by atoms with Gasteiger partial charge >= 0.3 is 0 Å². The van der Waals surface area contributed by atoms with Gasteiger partial charge in [-0.1, -0.05) is 42.5 Å². The molecule has 7 heteroatoms. The number of aromatic nitrogens is 2. The Morgan fingerprint density at radius 3 is 2.30 bits per heavy atom. The summed E-state index contributed by atoms with van der Waals surface area (Å²) in [4.78, 5) is 38.9. The third-order valence-electron chi connectivity index (χ3n) is 5.73. The van der Waals surface area contributed by atoms with Crippen LogP contribution in [-0.4, -0.2) is 39.4 Å². The second-order valence-electron chi connectivity index (χ2n) is 7.87. The average Bonchev–Trinajstić information content (AvgIpc) is 3.36. The molecule has 0 spiro atoms. The summed E-state index contributed by atoms with van der Waals surface area (Å²) in [5.74, 6) is -1.09. The smallest absolute Gasteiger partial charge is 0.261 e. The molecular weight excluding hydrogens is 416 g/mol. The SMILES string of the molecule is Cc1ccccc1-c1nn(-c2ccccc2)cc1C(=O)Nc1ccc2c(c1)C(=O)N(C)C2=O. The van der Waals surface area contributed by atoms with Crippen LogP contribution in [-0.2, 0) is 0 Å². The number of aryl methyl sites for hydroxylation is 1. The van der Waals surface area contributed by atoms with Crippen LogP contribution in [0.5, 0.6) is 0 Å². The van der Waals surface area contributed by atoms with Crippen molar-refractivity contribution in [1.82, 2.24) is 14.7 Å². The second-order valence-corrected chi connectivity index (χ2v) is 7.87. The van der Waals surface area contributed by atoms with E-state index in [4.69, 9.17) is 5.10 Å². The summed E-state index contributed by atoms with van der Waals surface area (Å²) in [6, 6.07) is 22.0. The molecule has 1 aliphatic rings. The monoisotopic (exact) mass is 436 g/mol. The van der Waals surface area contributed by atoms with Crippen molar-refractivity contribution in [3.63, 3.8) is 0 Å². The van der Waals surface area contributed by atoms with Gasteiger partial charge in [-0.15, -0.1) is 0 Å². The molecule has 7 nitrogen and oxygen atoms in total. The van der Waals surface area contributed by atoms with E-state index in [9.17, 15) is 14.4 Å². The number of hydrogen-bond donors (Lipinski definition) is 1. The van der Waals surface area contributed by atoms with Crippen molar-refractivity contribution in [3.8, 4) is 16.9 Å². The van der Waals surface area contributed by atoms with Crippen LogP contribution >= 0.6 is 0 Å². The topological polar surface area (TPSA) is 84.3 Å². The highest BCUT2D eigenvalue weighted by Gasteiger charge is 2.33. The standard InChI is InChI=1S/C26H20N4O3/c1-16-8-6-7-11-19(16)23-22(15-30(28-23)18-9-4-3-5-10-18)24(31)27-17-12-13-20-21(14-17)26(33)29(2)25(20)32/h3-15H,1-2H3,(H,27,31). The first-order valence-corrected chi connectivity index (χ1v) is 10.4. The average molecular weight is 436 g/mol. The van der Waals surface area contributed by atoms with E-state index in [1.165, 1.54) is 13.1 Å². The highest BCUT2D eigenvalue weighted by Crippen LogP contribution is 2.29. The molecule has 2 heterocycles. The summed E-state index contributed by atoms with van der Waals surface area (Å²) in [7, 11) is 1.44. The highest BCUT2D eigenvalue weighted by atomic mass is 16.2. The van der Waals surface area contributed by atoms with Crippen molar-refractivity contribution in [1.29, 1.82) is 0 Å². The number of fused-ring (bicyclic) bond motifs is 1. The van der Waals surface area contributed by atoms with Gasteiger partial charge in [0.25, 0.3) is 17.7 Å². The third-order valence-corrected chi connectivity index (χ3v) is 5.73. The molecule has 3 aromatic carbocycles. The van der Waals surface area contributed by atoms with Crippen LogP contribution in [0.3, 0.4) is 0 Å². The van der Waals surface area contributed by atoms with Gasteiger partial charge in [-0.25, -0.2) is 4.68 Å². The minimum Gasteiger partial charge on any atom is -0.322 e. The van der Waals surface area contributed by atoms with Crippen molar-refractivity contribution in [3.05, 3.63) is 101 Å².